The average Bonchev–Trinajstić information content (AvgIpc) is 2.70. The second-order valence-corrected chi connectivity index (χ2v) is 8.07. The third kappa shape index (κ3) is 6.42. The molecule has 0 heterocycles. The molecule has 30 heavy (non-hydrogen) atoms. The Balaban J connectivity index is 2.01. The Bertz CT molecular complexity index is 1010. The summed E-state index contributed by atoms with van der Waals surface area (Å²) in [6.07, 6.45) is 0. The van der Waals surface area contributed by atoms with Crippen LogP contribution in [0.3, 0.4) is 0 Å². The van der Waals surface area contributed by atoms with Crippen LogP contribution in [0.2, 0.25) is 0 Å². The molecule has 0 atom stereocenters. The van der Waals surface area contributed by atoms with Crippen LogP contribution in [0, 0.1) is 5.82 Å². The first-order chi connectivity index (χ1) is 14.1. The van der Waals surface area contributed by atoms with Gasteiger partial charge in [0.05, 0.1) is 7.11 Å². The van der Waals surface area contributed by atoms with Crippen molar-refractivity contribution in [2.45, 2.75) is 24.8 Å². The van der Waals surface area contributed by atoms with Crippen LogP contribution in [-0.2, 0) is 14.8 Å². The van der Waals surface area contributed by atoms with Crippen LogP contribution >= 0.6 is 0 Å². The fraction of sp³-hybridized carbons (Fsp3) is 0.263. The van der Waals surface area contributed by atoms with Crippen molar-refractivity contribution in [3.05, 3.63) is 53.8 Å². The zero-order chi connectivity index (χ0) is 22.3. The minimum absolute atomic E-state index is 0.0142. The zero-order valence-electron chi connectivity index (χ0n) is 16.6. The summed E-state index contributed by atoms with van der Waals surface area (Å²) in [6, 6.07) is 8.53. The van der Waals surface area contributed by atoms with E-state index < -0.39 is 34.3 Å². The SMILES string of the molecule is COc1ccc(C(=O)NNC(=O)COc2ccc(F)cc2)cc1S(=O)(=O)NC(C)C. The maximum atomic E-state index is 12.8. The Morgan fingerprint density at radius 1 is 1.07 bits per heavy atom. The average molecular weight is 439 g/mol. The number of carbonyl (C=O) groups is 2. The van der Waals surface area contributed by atoms with E-state index in [0.29, 0.717) is 0 Å². The maximum Gasteiger partial charge on any atom is 0.276 e. The predicted molar refractivity (Wildman–Crippen MR) is 106 cm³/mol. The Morgan fingerprint density at radius 2 is 1.73 bits per heavy atom. The van der Waals surface area contributed by atoms with E-state index in [2.05, 4.69) is 15.6 Å². The van der Waals surface area contributed by atoms with Crippen LogP contribution in [0.15, 0.2) is 47.4 Å². The number of halogens is 1. The number of hydrogen-bond donors (Lipinski definition) is 3. The second kappa shape index (κ2) is 10.0. The van der Waals surface area contributed by atoms with Gasteiger partial charge in [-0.25, -0.2) is 17.5 Å². The molecule has 0 bridgehead atoms. The molecule has 2 rings (SSSR count). The summed E-state index contributed by atoms with van der Waals surface area (Å²) in [4.78, 5) is 23.9. The van der Waals surface area contributed by atoms with Gasteiger partial charge in [0.25, 0.3) is 11.8 Å². The van der Waals surface area contributed by atoms with Gasteiger partial charge in [0, 0.05) is 11.6 Å². The smallest absolute Gasteiger partial charge is 0.276 e. The number of benzene rings is 2. The minimum Gasteiger partial charge on any atom is -0.495 e. The van der Waals surface area contributed by atoms with Crippen molar-refractivity contribution >= 4 is 21.8 Å². The summed E-state index contributed by atoms with van der Waals surface area (Å²) >= 11 is 0. The van der Waals surface area contributed by atoms with Gasteiger partial charge in [-0.3, -0.25) is 20.4 Å². The lowest BCUT2D eigenvalue weighted by Crippen LogP contribution is -2.43. The molecule has 0 aromatic heterocycles. The van der Waals surface area contributed by atoms with Crippen LogP contribution in [-0.4, -0.2) is 40.0 Å². The van der Waals surface area contributed by atoms with E-state index in [-0.39, 0.29) is 28.0 Å². The van der Waals surface area contributed by atoms with Gasteiger partial charge in [-0.05, 0) is 56.3 Å². The van der Waals surface area contributed by atoms with Gasteiger partial charge in [0.1, 0.15) is 22.2 Å². The summed E-state index contributed by atoms with van der Waals surface area (Å²) < 4.78 is 50.4. The highest BCUT2D eigenvalue weighted by Gasteiger charge is 2.22. The van der Waals surface area contributed by atoms with Gasteiger partial charge in [0.2, 0.25) is 10.0 Å². The lowest BCUT2D eigenvalue weighted by Gasteiger charge is -2.14. The van der Waals surface area contributed by atoms with Crippen LogP contribution in [0.1, 0.15) is 24.2 Å². The summed E-state index contributed by atoms with van der Waals surface area (Å²) in [5.74, 6) is -1.51. The summed E-state index contributed by atoms with van der Waals surface area (Å²) in [5.41, 5.74) is 4.30. The molecule has 0 unspecified atom stereocenters. The number of amides is 2. The number of nitrogens with one attached hydrogen (secondary N) is 3. The first-order valence-electron chi connectivity index (χ1n) is 8.80. The number of sulfonamides is 1. The molecule has 0 spiro atoms. The van der Waals surface area contributed by atoms with Gasteiger partial charge in [0.15, 0.2) is 6.61 Å². The van der Waals surface area contributed by atoms with Crippen molar-refractivity contribution in [3.63, 3.8) is 0 Å². The third-order valence-electron chi connectivity index (χ3n) is 3.61. The van der Waals surface area contributed by atoms with E-state index in [1.165, 1.54) is 43.5 Å². The maximum absolute atomic E-state index is 12.8. The Labute approximate surface area is 173 Å². The van der Waals surface area contributed by atoms with Crippen molar-refractivity contribution in [2.24, 2.45) is 0 Å². The van der Waals surface area contributed by atoms with Gasteiger partial charge in [-0.2, -0.15) is 0 Å². The van der Waals surface area contributed by atoms with E-state index in [9.17, 15) is 22.4 Å². The van der Waals surface area contributed by atoms with Gasteiger partial charge in [-0.15, -0.1) is 0 Å². The van der Waals surface area contributed by atoms with Crippen LogP contribution in [0.4, 0.5) is 4.39 Å². The van der Waals surface area contributed by atoms with E-state index in [1.54, 1.807) is 13.8 Å². The summed E-state index contributed by atoms with van der Waals surface area (Å²) in [5, 5.41) is 0. The zero-order valence-corrected chi connectivity index (χ0v) is 17.4. The fourth-order valence-corrected chi connectivity index (χ4v) is 3.76. The molecule has 2 aromatic carbocycles. The summed E-state index contributed by atoms with van der Waals surface area (Å²) in [6.45, 7) is 2.89. The van der Waals surface area contributed by atoms with Gasteiger partial charge < -0.3 is 9.47 Å². The molecule has 0 aliphatic carbocycles. The van der Waals surface area contributed by atoms with Crippen molar-refractivity contribution < 1.29 is 31.9 Å². The molecule has 0 saturated heterocycles. The largest absolute Gasteiger partial charge is 0.495 e. The number of hydrogen-bond acceptors (Lipinski definition) is 6. The Hall–Kier alpha value is -3.18. The van der Waals surface area contributed by atoms with Crippen molar-refractivity contribution in [1.29, 1.82) is 0 Å². The number of rotatable bonds is 8. The lowest BCUT2D eigenvalue weighted by atomic mass is 10.2. The molecule has 2 aromatic rings. The van der Waals surface area contributed by atoms with Gasteiger partial charge in [-0.1, -0.05) is 0 Å². The van der Waals surface area contributed by atoms with E-state index >= 15 is 0 Å². The minimum atomic E-state index is -3.92. The standard InChI is InChI=1S/C19H22FN3O6S/c1-12(2)23-30(26,27)17-10-13(4-9-16(17)28-3)19(25)22-21-18(24)11-29-15-7-5-14(20)6-8-15/h4-10,12,23H,11H2,1-3H3,(H,21,24)(H,22,25). The van der Waals surface area contributed by atoms with Gasteiger partial charge >= 0.3 is 0 Å². The monoisotopic (exact) mass is 439 g/mol. The van der Waals surface area contributed by atoms with Crippen molar-refractivity contribution in [3.8, 4) is 11.5 Å². The normalized spacial score (nSPS) is 11.1. The molecule has 0 aliphatic heterocycles. The molecule has 0 saturated carbocycles. The number of ether oxygens (including phenoxy) is 2. The highest BCUT2D eigenvalue weighted by Crippen LogP contribution is 2.25. The topological polar surface area (TPSA) is 123 Å². The molecule has 9 nitrogen and oxygen atoms in total. The molecular weight excluding hydrogens is 417 g/mol. The van der Waals surface area contributed by atoms with Crippen LogP contribution in [0.25, 0.3) is 0 Å². The first-order valence-corrected chi connectivity index (χ1v) is 10.3. The Kier molecular flexibility index (Phi) is 7.72. The summed E-state index contributed by atoms with van der Waals surface area (Å²) in [7, 11) is -2.61. The van der Waals surface area contributed by atoms with Crippen molar-refractivity contribution in [1.82, 2.24) is 15.6 Å². The van der Waals surface area contributed by atoms with E-state index in [1.807, 2.05) is 0 Å². The molecule has 162 valence electrons. The lowest BCUT2D eigenvalue weighted by molar-refractivity contribution is -0.123. The Morgan fingerprint density at radius 3 is 2.33 bits per heavy atom. The predicted octanol–water partition coefficient (Wildman–Crippen LogP) is 1.36. The molecule has 3 N–H and O–H groups in total. The van der Waals surface area contributed by atoms with Crippen molar-refractivity contribution in [2.75, 3.05) is 13.7 Å². The number of carbonyl (C=O) groups excluding carboxylic acids is 2. The highest BCUT2D eigenvalue weighted by atomic mass is 32.2. The molecule has 11 heteroatoms. The number of hydrazine groups is 1. The molecule has 0 radical (unpaired) electrons. The second-order valence-electron chi connectivity index (χ2n) is 6.39. The van der Waals surface area contributed by atoms with E-state index in [0.717, 1.165) is 6.07 Å². The molecule has 2 amide bonds. The third-order valence-corrected chi connectivity index (χ3v) is 5.28. The molecule has 0 aliphatic rings. The van der Waals surface area contributed by atoms with Crippen LogP contribution < -0.4 is 25.0 Å². The quantitative estimate of drug-likeness (QED) is 0.534. The van der Waals surface area contributed by atoms with Crippen LogP contribution in [0.5, 0.6) is 11.5 Å². The highest BCUT2D eigenvalue weighted by molar-refractivity contribution is 7.89. The van der Waals surface area contributed by atoms with E-state index in [4.69, 9.17) is 9.47 Å². The molecular formula is C19H22FN3O6S. The number of methoxy groups -OCH3 is 1. The molecule has 0 fully saturated rings. The first kappa shape index (κ1) is 23.1. The fourth-order valence-electron chi connectivity index (χ4n) is 2.32.